The summed E-state index contributed by atoms with van der Waals surface area (Å²) in [6, 6.07) is 19.3. The van der Waals surface area contributed by atoms with Crippen LogP contribution in [0, 0.1) is 18.3 Å². The number of benzene rings is 3. The molecular formula is C23H21N3O5S. The molecule has 0 unspecified atom stereocenters. The Morgan fingerprint density at radius 3 is 2.22 bits per heavy atom. The van der Waals surface area contributed by atoms with E-state index in [1.54, 1.807) is 67.6 Å². The Labute approximate surface area is 186 Å². The molecule has 0 radical (unpaired) electrons. The summed E-state index contributed by atoms with van der Waals surface area (Å²) in [5.74, 6) is 0.641. The first-order chi connectivity index (χ1) is 15.3. The molecule has 3 rings (SSSR count). The van der Waals surface area contributed by atoms with Crippen molar-refractivity contribution in [3.8, 4) is 17.6 Å². The van der Waals surface area contributed by atoms with Gasteiger partial charge in [0.1, 0.15) is 17.6 Å². The Morgan fingerprint density at radius 1 is 0.969 bits per heavy atom. The first-order valence-corrected chi connectivity index (χ1v) is 11.0. The number of methoxy groups -OCH3 is 1. The molecule has 8 nitrogen and oxygen atoms in total. The van der Waals surface area contributed by atoms with Crippen molar-refractivity contribution in [3.63, 3.8) is 0 Å². The zero-order valence-electron chi connectivity index (χ0n) is 17.5. The molecule has 1 amide bonds. The molecule has 2 N–H and O–H groups in total. The molecule has 9 heteroatoms. The van der Waals surface area contributed by atoms with Crippen molar-refractivity contribution in [2.75, 3.05) is 23.8 Å². The van der Waals surface area contributed by atoms with Crippen LogP contribution in [0.5, 0.6) is 11.5 Å². The van der Waals surface area contributed by atoms with E-state index in [4.69, 9.17) is 14.7 Å². The van der Waals surface area contributed by atoms with Crippen LogP contribution in [0.15, 0.2) is 71.6 Å². The van der Waals surface area contributed by atoms with Crippen molar-refractivity contribution >= 4 is 27.3 Å². The number of aryl methyl sites for hydroxylation is 1. The molecule has 0 aliphatic rings. The fourth-order valence-electron chi connectivity index (χ4n) is 2.85. The van der Waals surface area contributed by atoms with E-state index < -0.39 is 15.9 Å². The second kappa shape index (κ2) is 9.85. The number of amides is 1. The molecule has 3 aromatic carbocycles. The maximum absolute atomic E-state index is 12.9. The fraction of sp³-hybridized carbons (Fsp3) is 0.130. The van der Waals surface area contributed by atoms with E-state index in [1.165, 1.54) is 13.2 Å². The maximum atomic E-state index is 12.9. The van der Waals surface area contributed by atoms with E-state index >= 15 is 0 Å². The summed E-state index contributed by atoms with van der Waals surface area (Å²) in [6.07, 6.45) is 0. The number of hydrogen-bond acceptors (Lipinski definition) is 6. The van der Waals surface area contributed by atoms with E-state index in [1.807, 2.05) is 6.07 Å². The Kier molecular flexibility index (Phi) is 6.97. The van der Waals surface area contributed by atoms with Gasteiger partial charge in [-0.25, -0.2) is 8.42 Å². The Balaban J connectivity index is 1.77. The number of nitrogens with one attached hydrogen (secondary N) is 2. The third-order valence-corrected chi connectivity index (χ3v) is 6.02. The van der Waals surface area contributed by atoms with Gasteiger partial charge in [0.25, 0.3) is 15.9 Å². The van der Waals surface area contributed by atoms with Crippen molar-refractivity contribution in [2.24, 2.45) is 0 Å². The second-order valence-electron chi connectivity index (χ2n) is 6.74. The highest BCUT2D eigenvalue weighted by atomic mass is 32.2. The van der Waals surface area contributed by atoms with Crippen LogP contribution in [0.4, 0.5) is 11.4 Å². The first kappa shape index (κ1) is 22.7. The molecule has 0 saturated heterocycles. The van der Waals surface area contributed by atoms with E-state index in [0.717, 1.165) is 0 Å². The van der Waals surface area contributed by atoms with Gasteiger partial charge in [0.15, 0.2) is 6.61 Å². The maximum Gasteiger partial charge on any atom is 0.262 e. The van der Waals surface area contributed by atoms with Gasteiger partial charge >= 0.3 is 0 Å². The summed E-state index contributed by atoms with van der Waals surface area (Å²) < 4.78 is 38.6. The van der Waals surface area contributed by atoms with Crippen molar-refractivity contribution in [3.05, 3.63) is 77.9 Å². The lowest BCUT2D eigenvalue weighted by Crippen LogP contribution is -2.17. The number of ether oxygens (including phenoxy) is 2. The highest BCUT2D eigenvalue weighted by molar-refractivity contribution is 7.92. The highest BCUT2D eigenvalue weighted by Crippen LogP contribution is 2.23. The third kappa shape index (κ3) is 5.56. The van der Waals surface area contributed by atoms with Gasteiger partial charge < -0.3 is 14.8 Å². The Bertz CT molecular complexity index is 1250. The highest BCUT2D eigenvalue weighted by Gasteiger charge is 2.19. The molecule has 32 heavy (non-hydrogen) atoms. The number of anilines is 2. The van der Waals surface area contributed by atoms with Gasteiger partial charge in [0, 0.05) is 16.9 Å². The topological polar surface area (TPSA) is 118 Å². The predicted octanol–water partition coefficient (Wildman–Crippen LogP) is 3.96. The number of nitriles is 1. The minimum absolute atomic E-state index is 0.00113. The van der Waals surface area contributed by atoms with Crippen LogP contribution in [0.3, 0.4) is 0 Å². The van der Waals surface area contributed by atoms with Gasteiger partial charge in [-0.05, 0) is 73.2 Å². The Hall–Kier alpha value is -4.03. The lowest BCUT2D eigenvalue weighted by atomic mass is 10.1. The third-order valence-electron chi connectivity index (χ3n) is 4.50. The van der Waals surface area contributed by atoms with Gasteiger partial charge in [-0.15, -0.1) is 0 Å². The number of carbonyl (C=O) groups excluding carboxylic acids is 1. The van der Waals surface area contributed by atoms with Crippen LogP contribution < -0.4 is 19.5 Å². The lowest BCUT2D eigenvalue weighted by Gasteiger charge is -2.13. The quantitative estimate of drug-likeness (QED) is 0.535. The number of rotatable bonds is 8. The molecule has 0 saturated carbocycles. The predicted molar refractivity (Wildman–Crippen MR) is 120 cm³/mol. The SMILES string of the molecule is COc1ccc(NS(=O)(=O)c2cc(C(=O)Nc3ccc(OCC#N)cc3)ccc2C)cc1. The molecule has 0 aliphatic carbocycles. The van der Waals surface area contributed by atoms with E-state index in [-0.39, 0.29) is 17.1 Å². The number of hydrogen-bond donors (Lipinski definition) is 2. The average Bonchev–Trinajstić information content (AvgIpc) is 2.79. The van der Waals surface area contributed by atoms with Crippen molar-refractivity contribution in [2.45, 2.75) is 11.8 Å². The molecule has 0 aliphatic heterocycles. The van der Waals surface area contributed by atoms with Crippen LogP contribution in [0.2, 0.25) is 0 Å². The summed E-state index contributed by atoms with van der Waals surface area (Å²) in [7, 11) is -2.40. The van der Waals surface area contributed by atoms with Crippen LogP contribution in [-0.4, -0.2) is 28.0 Å². The van der Waals surface area contributed by atoms with Gasteiger partial charge in [-0.2, -0.15) is 5.26 Å². The lowest BCUT2D eigenvalue weighted by molar-refractivity contribution is 0.102. The van der Waals surface area contributed by atoms with Gasteiger partial charge in [-0.1, -0.05) is 6.07 Å². The van der Waals surface area contributed by atoms with Gasteiger partial charge in [-0.3, -0.25) is 9.52 Å². The minimum atomic E-state index is -3.92. The largest absolute Gasteiger partial charge is 0.497 e. The zero-order valence-corrected chi connectivity index (χ0v) is 18.3. The number of nitrogens with zero attached hydrogens (tertiary/aromatic N) is 1. The van der Waals surface area contributed by atoms with E-state index in [0.29, 0.717) is 28.4 Å². The monoisotopic (exact) mass is 451 g/mol. The van der Waals surface area contributed by atoms with E-state index in [2.05, 4.69) is 10.0 Å². The summed E-state index contributed by atoms with van der Waals surface area (Å²) >= 11 is 0. The zero-order chi connectivity index (χ0) is 23.1. The molecule has 164 valence electrons. The molecule has 0 atom stereocenters. The second-order valence-corrected chi connectivity index (χ2v) is 8.39. The summed E-state index contributed by atoms with van der Waals surface area (Å²) in [4.78, 5) is 12.7. The van der Waals surface area contributed by atoms with Crippen molar-refractivity contribution < 1.29 is 22.7 Å². The summed E-state index contributed by atoms with van der Waals surface area (Å²) in [5, 5.41) is 11.3. The van der Waals surface area contributed by atoms with Crippen LogP contribution in [0.25, 0.3) is 0 Å². The van der Waals surface area contributed by atoms with Crippen LogP contribution in [0.1, 0.15) is 15.9 Å². The molecule has 3 aromatic rings. The molecule has 0 spiro atoms. The molecule has 0 bridgehead atoms. The average molecular weight is 452 g/mol. The fourth-order valence-corrected chi connectivity index (χ4v) is 4.18. The smallest absolute Gasteiger partial charge is 0.262 e. The first-order valence-electron chi connectivity index (χ1n) is 9.51. The van der Waals surface area contributed by atoms with Crippen molar-refractivity contribution in [1.29, 1.82) is 5.26 Å². The van der Waals surface area contributed by atoms with Crippen LogP contribution >= 0.6 is 0 Å². The van der Waals surface area contributed by atoms with Gasteiger partial charge in [0.05, 0.1) is 12.0 Å². The summed E-state index contributed by atoms with van der Waals surface area (Å²) in [6.45, 7) is 1.58. The molecule has 0 heterocycles. The van der Waals surface area contributed by atoms with E-state index in [9.17, 15) is 13.2 Å². The molecule has 0 fully saturated rings. The van der Waals surface area contributed by atoms with Crippen molar-refractivity contribution in [1.82, 2.24) is 0 Å². The number of sulfonamides is 1. The van der Waals surface area contributed by atoms with Gasteiger partial charge in [0.2, 0.25) is 0 Å². The standard InChI is InChI=1S/C23H21N3O5S/c1-16-3-4-17(23(27)25-18-5-11-21(12-6-18)31-14-13-24)15-22(16)32(28,29)26-19-7-9-20(30-2)10-8-19/h3-12,15,26H,14H2,1-2H3,(H,25,27). The Morgan fingerprint density at radius 2 is 1.59 bits per heavy atom. The normalized spacial score (nSPS) is 10.7. The summed E-state index contributed by atoms with van der Waals surface area (Å²) in [5.41, 5.74) is 1.57. The molecular weight excluding hydrogens is 430 g/mol. The molecule has 0 aromatic heterocycles. The number of carbonyl (C=O) groups is 1. The van der Waals surface area contributed by atoms with Crippen LogP contribution in [-0.2, 0) is 10.0 Å². The minimum Gasteiger partial charge on any atom is -0.497 e.